The third-order valence-corrected chi connectivity index (χ3v) is 5.22. The van der Waals surface area contributed by atoms with E-state index in [1.54, 1.807) is 44.2 Å². The highest BCUT2D eigenvalue weighted by molar-refractivity contribution is 7.92. The van der Waals surface area contributed by atoms with Gasteiger partial charge in [-0.3, -0.25) is 9.10 Å². The Morgan fingerprint density at radius 1 is 1.16 bits per heavy atom. The highest BCUT2D eigenvalue weighted by Crippen LogP contribution is 2.23. The van der Waals surface area contributed by atoms with Gasteiger partial charge in [0.15, 0.2) is 0 Å². The number of benzene rings is 2. The number of hydrogen-bond donors (Lipinski definition) is 1. The molecule has 0 aliphatic heterocycles. The first-order chi connectivity index (χ1) is 11.6. The van der Waals surface area contributed by atoms with Crippen LogP contribution in [0, 0.1) is 12.7 Å². The van der Waals surface area contributed by atoms with Crippen LogP contribution in [-0.2, 0) is 10.0 Å². The van der Waals surface area contributed by atoms with Gasteiger partial charge in [-0.1, -0.05) is 18.2 Å². The first-order valence-corrected chi connectivity index (χ1v) is 9.55. The largest absolute Gasteiger partial charge is 0.346 e. The number of aryl methyl sites for hydroxylation is 1. The second kappa shape index (κ2) is 7.23. The van der Waals surface area contributed by atoms with E-state index in [1.165, 1.54) is 19.2 Å². The number of nitrogens with zero attached hydrogens (tertiary/aromatic N) is 1. The van der Waals surface area contributed by atoms with Crippen molar-refractivity contribution in [3.63, 3.8) is 0 Å². The number of nitrogens with one attached hydrogen (secondary N) is 1. The number of anilines is 1. The molecule has 7 heteroatoms. The third kappa shape index (κ3) is 4.57. The lowest BCUT2D eigenvalue weighted by atomic mass is 10.1. The molecule has 2 aromatic carbocycles. The molecule has 5 nitrogen and oxygen atoms in total. The lowest BCUT2D eigenvalue weighted by Crippen LogP contribution is -2.28. The number of amides is 1. The average molecular weight is 364 g/mol. The number of carbonyl (C=O) groups excluding carboxylic acids is 1. The second-order valence-corrected chi connectivity index (χ2v) is 7.99. The zero-order valence-corrected chi connectivity index (χ0v) is 15.4. The quantitative estimate of drug-likeness (QED) is 0.887. The van der Waals surface area contributed by atoms with Gasteiger partial charge < -0.3 is 5.32 Å². The van der Waals surface area contributed by atoms with E-state index in [-0.39, 0.29) is 17.8 Å². The van der Waals surface area contributed by atoms with Gasteiger partial charge in [-0.05, 0) is 49.2 Å². The molecule has 1 N–H and O–H groups in total. The van der Waals surface area contributed by atoms with E-state index in [0.717, 1.165) is 21.7 Å². The Labute approximate surface area is 147 Å². The highest BCUT2D eigenvalue weighted by atomic mass is 32.2. The van der Waals surface area contributed by atoms with Crippen molar-refractivity contribution in [1.29, 1.82) is 0 Å². The lowest BCUT2D eigenvalue weighted by molar-refractivity contribution is 0.0940. The molecular weight excluding hydrogens is 343 g/mol. The van der Waals surface area contributed by atoms with Crippen LogP contribution in [0.3, 0.4) is 0 Å². The summed E-state index contributed by atoms with van der Waals surface area (Å²) in [6.07, 6.45) is 1.11. The zero-order chi connectivity index (χ0) is 18.8. The minimum absolute atomic E-state index is 0.314. The summed E-state index contributed by atoms with van der Waals surface area (Å²) in [7, 11) is -1.98. The average Bonchev–Trinajstić information content (AvgIpc) is 2.54. The van der Waals surface area contributed by atoms with Crippen molar-refractivity contribution in [2.24, 2.45) is 0 Å². The molecule has 0 spiro atoms. The van der Waals surface area contributed by atoms with E-state index in [9.17, 15) is 17.6 Å². The molecule has 0 fully saturated rings. The molecular formula is C18H21FN2O3S. The van der Waals surface area contributed by atoms with Gasteiger partial charge in [0.1, 0.15) is 5.82 Å². The van der Waals surface area contributed by atoms with Gasteiger partial charge in [-0.25, -0.2) is 12.8 Å². The van der Waals surface area contributed by atoms with Crippen molar-refractivity contribution in [3.8, 4) is 0 Å². The third-order valence-electron chi connectivity index (χ3n) is 4.03. The fraction of sp³-hybridized carbons (Fsp3) is 0.278. The van der Waals surface area contributed by atoms with Crippen LogP contribution in [0.4, 0.5) is 10.1 Å². The lowest BCUT2D eigenvalue weighted by Gasteiger charge is -2.20. The maximum absolute atomic E-state index is 13.0. The van der Waals surface area contributed by atoms with Crippen LogP contribution < -0.4 is 9.62 Å². The van der Waals surface area contributed by atoms with E-state index in [2.05, 4.69) is 5.32 Å². The number of sulfonamides is 1. The Morgan fingerprint density at radius 2 is 1.76 bits per heavy atom. The summed E-state index contributed by atoms with van der Waals surface area (Å²) in [5.74, 6) is -0.672. The Balaban J connectivity index is 2.23. The first-order valence-electron chi connectivity index (χ1n) is 7.70. The topological polar surface area (TPSA) is 66.5 Å². The Morgan fingerprint density at radius 3 is 2.32 bits per heavy atom. The molecule has 0 saturated carbocycles. The Bertz CT molecular complexity index is 880. The van der Waals surface area contributed by atoms with Gasteiger partial charge in [0, 0.05) is 12.6 Å². The number of hydrogen-bond acceptors (Lipinski definition) is 3. The van der Waals surface area contributed by atoms with Crippen molar-refractivity contribution in [2.75, 3.05) is 17.6 Å². The molecule has 2 rings (SSSR count). The first kappa shape index (κ1) is 18.9. The summed E-state index contributed by atoms with van der Waals surface area (Å²) < 4.78 is 37.6. The highest BCUT2D eigenvalue weighted by Gasteiger charge is 2.18. The molecule has 0 aliphatic carbocycles. The van der Waals surface area contributed by atoms with Crippen LogP contribution in [-0.4, -0.2) is 27.6 Å². The summed E-state index contributed by atoms with van der Waals surface area (Å²) in [5, 5.41) is 2.83. The fourth-order valence-electron chi connectivity index (χ4n) is 2.38. The van der Waals surface area contributed by atoms with Crippen molar-refractivity contribution in [2.45, 2.75) is 19.9 Å². The minimum atomic E-state index is -3.42. The van der Waals surface area contributed by atoms with Gasteiger partial charge in [-0.2, -0.15) is 0 Å². The predicted octanol–water partition coefficient (Wildman–Crippen LogP) is 3.02. The van der Waals surface area contributed by atoms with Crippen LogP contribution in [0.15, 0.2) is 42.5 Å². The van der Waals surface area contributed by atoms with Crippen molar-refractivity contribution in [3.05, 3.63) is 65.0 Å². The fourth-order valence-corrected chi connectivity index (χ4v) is 2.94. The van der Waals surface area contributed by atoms with Gasteiger partial charge in [0.05, 0.1) is 18.0 Å². The van der Waals surface area contributed by atoms with Crippen LogP contribution in [0.5, 0.6) is 0 Å². The zero-order valence-electron chi connectivity index (χ0n) is 14.6. The van der Waals surface area contributed by atoms with Crippen LogP contribution in [0.2, 0.25) is 0 Å². The normalized spacial score (nSPS) is 12.5. The maximum atomic E-state index is 13.0. The van der Waals surface area contributed by atoms with E-state index < -0.39 is 10.0 Å². The Kier molecular flexibility index (Phi) is 5.47. The van der Waals surface area contributed by atoms with E-state index in [0.29, 0.717) is 11.3 Å². The minimum Gasteiger partial charge on any atom is -0.346 e. The second-order valence-electron chi connectivity index (χ2n) is 5.98. The van der Waals surface area contributed by atoms with Crippen molar-refractivity contribution < 1.29 is 17.6 Å². The SMILES string of the molecule is Cc1ccc(C(=O)N[C@@H](C)c2ccc(F)cc2)cc1N(C)S(C)(=O)=O. The van der Waals surface area contributed by atoms with E-state index in [4.69, 9.17) is 0 Å². The standard InChI is InChI=1S/C18H21FN2O3S/c1-12-5-6-15(11-17(12)21(3)25(4,23)24)18(22)20-13(2)14-7-9-16(19)10-8-14/h5-11,13H,1-4H3,(H,20,22)/t13-/m0/s1. The van der Waals surface area contributed by atoms with Gasteiger partial charge in [-0.15, -0.1) is 0 Å². The Hall–Kier alpha value is -2.41. The smallest absolute Gasteiger partial charge is 0.251 e. The number of halogens is 1. The molecule has 0 aromatic heterocycles. The molecule has 0 saturated heterocycles. The van der Waals surface area contributed by atoms with Crippen molar-refractivity contribution in [1.82, 2.24) is 5.32 Å². The van der Waals surface area contributed by atoms with Gasteiger partial charge >= 0.3 is 0 Å². The van der Waals surface area contributed by atoms with Crippen molar-refractivity contribution >= 4 is 21.6 Å². The summed E-state index contributed by atoms with van der Waals surface area (Å²) in [6, 6.07) is 10.5. The molecule has 0 aliphatic rings. The van der Waals surface area contributed by atoms with E-state index >= 15 is 0 Å². The van der Waals surface area contributed by atoms with Crippen LogP contribution in [0.25, 0.3) is 0 Å². The molecule has 0 radical (unpaired) electrons. The molecule has 0 unspecified atom stereocenters. The molecule has 1 atom stereocenters. The molecule has 0 heterocycles. The molecule has 1 amide bonds. The maximum Gasteiger partial charge on any atom is 0.251 e. The van der Waals surface area contributed by atoms with Crippen LogP contribution in [0.1, 0.15) is 34.5 Å². The summed E-state index contributed by atoms with van der Waals surface area (Å²) in [5.41, 5.74) is 2.32. The summed E-state index contributed by atoms with van der Waals surface area (Å²) in [4.78, 5) is 12.5. The predicted molar refractivity (Wildman–Crippen MR) is 96.7 cm³/mol. The monoisotopic (exact) mass is 364 g/mol. The summed E-state index contributed by atoms with van der Waals surface area (Å²) in [6.45, 7) is 3.57. The van der Waals surface area contributed by atoms with E-state index in [1.807, 2.05) is 0 Å². The number of carbonyl (C=O) groups is 1. The summed E-state index contributed by atoms with van der Waals surface area (Å²) >= 11 is 0. The van der Waals surface area contributed by atoms with Gasteiger partial charge in [0.2, 0.25) is 10.0 Å². The number of rotatable bonds is 5. The van der Waals surface area contributed by atoms with Gasteiger partial charge in [0.25, 0.3) is 5.91 Å². The molecule has 134 valence electrons. The molecule has 25 heavy (non-hydrogen) atoms. The molecule has 2 aromatic rings. The van der Waals surface area contributed by atoms with Crippen LogP contribution >= 0.6 is 0 Å². The molecule has 0 bridgehead atoms.